The van der Waals surface area contributed by atoms with Crippen LogP contribution in [0.25, 0.3) is 0 Å². The molecule has 0 spiro atoms. The molecule has 25 heavy (non-hydrogen) atoms. The molecule has 0 aromatic heterocycles. The number of hydrogen-bond donors (Lipinski definition) is 0. The summed E-state index contributed by atoms with van der Waals surface area (Å²) in [6.07, 6.45) is 0.304. The molecule has 0 unspecified atom stereocenters. The Kier molecular flexibility index (Phi) is 8.00. The van der Waals surface area contributed by atoms with Crippen molar-refractivity contribution in [1.29, 1.82) is 0 Å². The first-order valence-electron chi connectivity index (χ1n) is 8.73. The molecule has 142 valence electrons. The van der Waals surface area contributed by atoms with Gasteiger partial charge in [-0.1, -0.05) is 12.8 Å². The smallest absolute Gasteiger partial charge is 0.391 e. The number of likely N-dealkylation sites (tertiary alicyclic amines) is 1. The van der Waals surface area contributed by atoms with Crippen molar-refractivity contribution in [3.63, 3.8) is 0 Å². The Bertz CT molecular complexity index is 530. The topological polar surface area (TPSA) is 12.5 Å². The number of piperidine rings is 1. The van der Waals surface area contributed by atoms with E-state index in [0.717, 1.165) is 32.2 Å². The van der Waals surface area contributed by atoms with Crippen molar-refractivity contribution in [2.24, 2.45) is 5.92 Å². The van der Waals surface area contributed by atoms with Crippen LogP contribution in [0.1, 0.15) is 38.5 Å². The quantitative estimate of drug-likeness (QED) is 0.385. The fourth-order valence-electron chi connectivity index (χ4n) is 3.03. The lowest BCUT2D eigenvalue weighted by Gasteiger charge is -2.32. The second-order valence-corrected chi connectivity index (χ2v) is 7.35. The minimum atomic E-state index is -4.04. The number of rotatable bonds is 8. The Morgan fingerprint density at radius 3 is 2.40 bits per heavy atom. The molecule has 0 saturated carbocycles. The van der Waals surface area contributed by atoms with Crippen molar-refractivity contribution in [1.82, 2.24) is 4.90 Å². The van der Waals surface area contributed by atoms with Gasteiger partial charge in [-0.3, -0.25) is 0 Å². The van der Waals surface area contributed by atoms with Gasteiger partial charge in [-0.15, -0.1) is 0 Å². The van der Waals surface area contributed by atoms with Crippen molar-refractivity contribution in [2.45, 2.75) is 44.7 Å². The summed E-state index contributed by atoms with van der Waals surface area (Å²) in [5, 5.41) is 0. The van der Waals surface area contributed by atoms with Gasteiger partial charge in [0.2, 0.25) is 0 Å². The minimum Gasteiger partial charge on any atom is -0.493 e. The summed E-state index contributed by atoms with van der Waals surface area (Å²) < 4.78 is 57.1. The lowest BCUT2D eigenvalue weighted by atomic mass is 9.96. The average molecular weight is 426 g/mol. The summed E-state index contributed by atoms with van der Waals surface area (Å²) >= 11 is 3.10. The van der Waals surface area contributed by atoms with Gasteiger partial charge in [-0.2, -0.15) is 13.2 Å². The molecule has 1 aliphatic heterocycles. The van der Waals surface area contributed by atoms with Crippen LogP contribution < -0.4 is 4.74 Å². The SMILES string of the molecule is Fc1cc(OCCCCCCN2CCC(C(F)(F)F)CC2)ccc1Br. The van der Waals surface area contributed by atoms with Gasteiger partial charge in [0, 0.05) is 6.07 Å². The molecular formula is C18H24BrF4NO. The van der Waals surface area contributed by atoms with Gasteiger partial charge in [-0.05, 0) is 73.4 Å². The second-order valence-electron chi connectivity index (χ2n) is 6.50. The molecule has 1 saturated heterocycles. The molecule has 0 bridgehead atoms. The van der Waals surface area contributed by atoms with Crippen LogP contribution in [-0.4, -0.2) is 37.3 Å². The van der Waals surface area contributed by atoms with E-state index >= 15 is 0 Å². The molecule has 7 heteroatoms. The molecule has 0 amide bonds. The van der Waals surface area contributed by atoms with Crippen LogP contribution in [0, 0.1) is 11.7 Å². The van der Waals surface area contributed by atoms with Crippen molar-refractivity contribution >= 4 is 15.9 Å². The summed E-state index contributed by atoms with van der Waals surface area (Å²) in [6.45, 7) is 2.49. The highest BCUT2D eigenvalue weighted by Gasteiger charge is 2.40. The van der Waals surface area contributed by atoms with E-state index in [1.807, 2.05) is 0 Å². The molecule has 1 aromatic carbocycles. The van der Waals surface area contributed by atoms with E-state index in [4.69, 9.17) is 4.74 Å². The zero-order valence-corrected chi connectivity index (χ0v) is 15.7. The first-order chi connectivity index (χ1) is 11.9. The summed E-state index contributed by atoms with van der Waals surface area (Å²) in [5.41, 5.74) is 0. The van der Waals surface area contributed by atoms with Gasteiger partial charge >= 0.3 is 6.18 Å². The third-order valence-corrected chi connectivity index (χ3v) is 5.22. The van der Waals surface area contributed by atoms with Crippen molar-refractivity contribution in [3.8, 4) is 5.75 Å². The number of hydrogen-bond acceptors (Lipinski definition) is 2. The van der Waals surface area contributed by atoms with Crippen LogP contribution in [0.5, 0.6) is 5.75 Å². The monoisotopic (exact) mass is 425 g/mol. The molecule has 0 atom stereocenters. The van der Waals surface area contributed by atoms with E-state index in [1.54, 1.807) is 12.1 Å². The second kappa shape index (κ2) is 9.76. The number of ether oxygens (including phenoxy) is 1. The maximum Gasteiger partial charge on any atom is 0.391 e. The van der Waals surface area contributed by atoms with Crippen LogP contribution in [0.15, 0.2) is 22.7 Å². The fourth-order valence-corrected chi connectivity index (χ4v) is 3.28. The Labute approximate surface area is 154 Å². The fraction of sp³-hybridized carbons (Fsp3) is 0.667. The molecule has 1 heterocycles. The number of nitrogens with zero attached hydrogens (tertiary/aromatic N) is 1. The number of unbranched alkanes of at least 4 members (excludes halogenated alkanes) is 3. The highest BCUT2D eigenvalue weighted by molar-refractivity contribution is 9.10. The standard InChI is InChI=1S/C18H24BrF4NO/c19-16-6-5-15(13-17(16)20)25-12-4-2-1-3-9-24-10-7-14(8-11-24)18(21,22)23/h5-6,13-14H,1-4,7-12H2. The van der Waals surface area contributed by atoms with Crippen LogP contribution in [-0.2, 0) is 0 Å². The molecule has 0 N–H and O–H groups in total. The number of halogens is 5. The molecule has 1 fully saturated rings. The molecular weight excluding hydrogens is 402 g/mol. The largest absolute Gasteiger partial charge is 0.493 e. The highest BCUT2D eigenvalue weighted by atomic mass is 79.9. The highest BCUT2D eigenvalue weighted by Crippen LogP contribution is 2.34. The molecule has 1 aromatic rings. The van der Waals surface area contributed by atoms with Crippen LogP contribution in [0.3, 0.4) is 0 Å². The van der Waals surface area contributed by atoms with Gasteiger partial charge in [0.05, 0.1) is 17.0 Å². The lowest BCUT2D eigenvalue weighted by molar-refractivity contribution is -0.185. The molecule has 0 aliphatic carbocycles. The van der Waals surface area contributed by atoms with E-state index in [-0.39, 0.29) is 18.7 Å². The van der Waals surface area contributed by atoms with Gasteiger partial charge in [-0.25, -0.2) is 4.39 Å². The summed E-state index contributed by atoms with van der Waals surface area (Å²) in [5.74, 6) is -0.940. The van der Waals surface area contributed by atoms with Crippen molar-refractivity contribution < 1.29 is 22.3 Å². The van der Waals surface area contributed by atoms with Crippen LogP contribution in [0.4, 0.5) is 17.6 Å². The Morgan fingerprint density at radius 1 is 1.08 bits per heavy atom. The normalized spacial score (nSPS) is 17.0. The van der Waals surface area contributed by atoms with E-state index in [1.165, 1.54) is 6.07 Å². The predicted octanol–water partition coefficient (Wildman–Crippen LogP) is 5.80. The van der Waals surface area contributed by atoms with Gasteiger partial charge in [0.15, 0.2) is 0 Å². The van der Waals surface area contributed by atoms with Crippen LogP contribution >= 0.6 is 15.9 Å². The van der Waals surface area contributed by atoms with Crippen molar-refractivity contribution in [2.75, 3.05) is 26.2 Å². The Hall–Kier alpha value is -0.820. The third kappa shape index (κ3) is 7.13. The van der Waals surface area contributed by atoms with Gasteiger partial charge in [0.25, 0.3) is 0 Å². The summed E-state index contributed by atoms with van der Waals surface area (Å²) in [7, 11) is 0. The van der Waals surface area contributed by atoms with Crippen LogP contribution in [0.2, 0.25) is 0 Å². The minimum absolute atomic E-state index is 0.223. The average Bonchev–Trinajstić information content (AvgIpc) is 2.57. The van der Waals surface area contributed by atoms with E-state index in [0.29, 0.717) is 29.9 Å². The Morgan fingerprint density at radius 2 is 1.76 bits per heavy atom. The molecule has 2 rings (SSSR count). The summed E-state index contributed by atoms with van der Waals surface area (Å²) in [6, 6.07) is 4.69. The zero-order valence-electron chi connectivity index (χ0n) is 14.1. The third-order valence-electron chi connectivity index (χ3n) is 4.58. The van der Waals surface area contributed by atoms with E-state index in [2.05, 4.69) is 20.8 Å². The van der Waals surface area contributed by atoms with E-state index < -0.39 is 12.1 Å². The van der Waals surface area contributed by atoms with Gasteiger partial charge < -0.3 is 9.64 Å². The molecule has 1 aliphatic rings. The lowest BCUT2D eigenvalue weighted by Crippen LogP contribution is -2.39. The number of benzene rings is 1. The maximum absolute atomic E-state index is 13.3. The predicted molar refractivity (Wildman–Crippen MR) is 93.3 cm³/mol. The van der Waals surface area contributed by atoms with Crippen molar-refractivity contribution in [3.05, 3.63) is 28.5 Å². The first-order valence-corrected chi connectivity index (χ1v) is 9.52. The molecule has 0 radical (unpaired) electrons. The maximum atomic E-state index is 13.3. The molecule has 2 nitrogen and oxygen atoms in total. The summed E-state index contributed by atoms with van der Waals surface area (Å²) in [4.78, 5) is 2.13. The van der Waals surface area contributed by atoms with Gasteiger partial charge in [0.1, 0.15) is 11.6 Å². The number of alkyl halides is 3. The first kappa shape index (κ1) is 20.5. The zero-order chi connectivity index (χ0) is 18.3. The Balaban J connectivity index is 1.49. The van der Waals surface area contributed by atoms with E-state index in [9.17, 15) is 17.6 Å².